The molecule has 0 saturated carbocycles. The largest absolute Gasteiger partial charge is 0.494 e. The molecule has 2 aromatic heterocycles. The van der Waals surface area contributed by atoms with Gasteiger partial charge in [-0.1, -0.05) is 23.7 Å². The van der Waals surface area contributed by atoms with E-state index in [1.54, 1.807) is 43.0 Å². The number of carbonyl (C=O) groups is 2. The number of amides is 2. The number of hydrogen-bond donors (Lipinski definition) is 0. The molecule has 0 bridgehead atoms. The number of anilines is 1. The molecule has 0 radical (unpaired) electrons. The maximum atomic E-state index is 13.3. The van der Waals surface area contributed by atoms with Crippen molar-refractivity contribution in [2.75, 3.05) is 12.0 Å². The number of nitrogens with zero attached hydrogens (tertiary/aromatic N) is 4. The summed E-state index contributed by atoms with van der Waals surface area (Å²) in [4.78, 5) is 31.9. The number of halogens is 1. The summed E-state index contributed by atoms with van der Waals surface area (Å²) in [6.07, 6.45) is 1.43. The summed E-state index contributed by atoms with van der Waals surface area (Å²) in [7, 11) is 1.58. The second kappa shape index (κ2) is 6.67. The van der Waals surface area contributed by atoms with Crippen LogP contribution >= 0.6 is 11.6 Å². The van der Waals surface area contributed by atoms with Gasteiger partial charge in [-0.3, -0.25) is 9.59 Å². The van der Waals surface area contributed by atoms with Crippen LogP contribution in [0.2, 0.25) is 5.02 Å². The van der Waals surface area contributed by atoms with Crippen LogP contribution in [-0.2, 0) is 0 Å². The van der Waals surface area contributed by atoms with Crippen LogP contribution in [0.5, 0.6) is 5.75 Å². The summed E-state index contributed by atoms with van der Waals surface area (Å²) in [5.74, 6) is -0.210. The molecular weight excluding hydrogens is 404 g/mol. The van der Waals surface area contributed by atoms with Crippen LogP contribution in [0.25, 0.3) is 16.7 Å². The van der Waals surface area contributed by atoms with Gasteiger partial charge in [0, 0.05) is 11.2 Å². The summed E-state index contributed by atoms with van der Waals surface area (Å²) in [5.41, 5.74) is 2.78. The van der Waals surface area contributed by atoms with E-state index in [1.807, 2.05) is 24.3 Å². The number of aromatic nitrogens is 3. The van der Waals surface area contributed by atoms with Crippen LogP contribution in [0.1, 0.15) is 26.4 Å². The predicted octanol–water partition coefficient (Wildman–Crippen LogP) is 4.19. The third-order valence-corrected chi connectivity index (χ3v) is 5.37. The zero-order valence-corrected chi connectivity index (χ0v) is 16.8. The first-order valence-electron chi connectivity index (χ1n) is 9.17. The molecule has 2 aromatic carbocycles. The molecule has 0 atom stereocenters. The molecule has 0 saturated heterocycles. The molecular formula is C22H15ClN4O3. The van der Waals surface area contributed by atoms with Crippen molar-refractivity contribution in [1.82, 2.24) is 14.8 Å². The third kappa shape index (κ3) is 2.52. The van der Waals surface area contributed by atoms with E-state index < -0.39 is 11.8 Å². The number of para-hydroxylation sites is 2. The fraction of sp³-hybridized carbons (Fsp3) is 0.0909. The van der Waals surface area contributed by atoms with E-state index in [-0.39, 0.29) is 5.56 Å². The van der Waals surface area contributed by atoms with Crippen LogP contribution in [0.15, 0.2) is 54.7 Å². The Bertz CT molecular complexity index is 1340. The lowest BCUT2D eigenvalue weighted by Gasteiger charge is -2.13. The predicted molar refractivity (Wildman–Crippen MR) is 113 cm³/mol. The molecule has 2 amide bonds. The van der Waals surface area contributed by atoms with Gasteiger partial charge in [-0.25, -0.2) is 14.6 Å². The van der Waals surface area contributed by atoms with Crippen molar-refractivity contribution in [1.29, 1.82) is 0 Å². The van der Waals surface area contributed by atoms with E-state index >= 15 is 0 Å². The van der Waals surface area contributed by atoms with Crippen LogP contribution in [0, 0.1) is 6.92 Å². The van der Waals surface area contributed by atoms with Crippen LogP contribution < -0.4 is 9.64 Å². The van der Waals surface area contributed by atoms with E-state index in [0.29, 0.717) is 44.4 Å². The minimum Gasteiger partial charge on any atom is -0.494 e. The number of ether oxygens (including phenoxy) is 1. The minimum absolute atomic E-state index is 0.255. The number of methoxy groups -OCH3 is 1. The topological polar surface area (TPSA) is 77.3 Å². The lowest BCUT2D eigenvalue weighted by Crippen LogP contribution is -2.29. The Hall–Kier alpha value is -3.71. The van der Waals surface area contributed by atoms with Gasteiger partial charge in [-0.05, 0) is 43.3 Å². The van der Waals surface area contributed by atoms with Gasteiger partial charge in [0.05, 0.1) is 35.0 Å². The summed E-state index contributed by atoms with van der Waals surface area (Å²) in [6, 6.07) is 14.0. The lowest BCUT2D eigenvalue weighted by molar-refractivity contribution is 0.0926. The van der Waals surface area contributed by atoms with Crippen LogP contribution in [0.3, 0.4) is 0 Å². The average Bonchev–Trinajstić information content (AvgIpc) is 3.23. The lowest BCUT2D eigenvalue weighted by atomic mass is 10.1. The van der Waals surface area contributed by atoms with E-state index in [1.165, 1.54) is 6.20 Å². The number of carbonyl (C=O) groups excluding carboxylic acids is 2. The second-order valence-electron chi connectivity index (χ2n) is 6.84. The molecule has 1 aliphatic rings. The number of benzene rings is 2. The van der Waals surface area contributed by atoms with Crippen molar-refractivity contribution >= 4 is 40.1 Å². The highest BCUT2D eigenvalue weighted by atomic mass is 35.5. The summed E-state index contributed by atoms with van der Waals surface area (Å²) in [6.45, 7) is 1.79. The highest BCUT2D eigenvalue weighted by Crippen LogP contribution is 2.35. The van der Waals surface area contributed by atoms with Crippen molar-refractivity contribution in [2.24, 2.45) is 0 Å². The van der Waals surface area contributed by atoms with Crippen molar-refractivity contribution in [3.8, 4) is 11.4 Å². The molecule has 0 N–H and O–H groups in total. The molecule has 7 nitrogen and oxygen atoms in total. The molecule has 4 aromatic rings. The minimum atomic E-state index is -0.420. The van der Waals surface area contributed by atoms with Gasteiger partial charge in [-0.15, -0.1) is 0 Å². The van der Waals surface area contributed by atoms with Crippen LogP contribution in [-0.4, -0.2) is 33.7 Å². The van der Waals surface area contributed by atoms with E-state index in [4.69, 9.17) is 16.3 Å². The van der Waals surface area contributed by atoms with Crippen molar-refractivity contribution in [3.63, 3.8) is 0 Å². The SMILES string of the molecule is COc1ccccc1-n1nc(C)c2c3c(cnc21)C(=O)N(c1ccc(Cl)cc1)C3=O. The van der Waals surface area contributed by atoms with Gasteiger partial charge in [0.15, 0.2) is 5.65 Å². The summed E-state index contributed by atoms with van der Waals surface area (Å²) >= 11 is 5.95. The van der Waals surface area contributed by atoms with Crippen molar-refractivity contribution < 1.29 is 14.3 Å². The molecule has 0 spiro atoms. The Morgan fingerprint density at radius 3 is 2.47 bits per heavy atom. The summed E-state index contributed by atoms with van der Waals surface area (Å²) < 4.78 is 7.08. The highest BCUT2D eigenvalue weighted by Gasteiger charge is 2.40. The van der Waals surface area contributed by atoms with Gasteiger partial charge in [0.1, 0.15) is 11.4 Å². The normalized spacial score (nSPS) is 13.2. The number of pyridine rings is 1. The van der Waals surface area contributed by atoms with Gasteiger partial charge in [0.2, 0.25) is 0 Å². The number of aryl methyl sites for hydroxylation is 1. The molecule has 1 aliphatic heterocycles. The van der Waals surface area contributed by atoms with E-state index in [0.717, 1.165) is 4.90 Å². The maximum Gasteiger partial charge on any atom is 0.267 e. The second-order valence-corrected chi connectivity index (χ2v) is 7.27. The quantitative estimate of drug-likeness (QED) is 0.466. The van der Waals surface area contributed by atoms with E-state index in [9.17, 15) is 9.59 Å². The zero-order valence-electron chi connectivity index (χ0n) is 16.1. The van der Waals surface area contributed by atoms with Gasteiger partial charge >= 0.3 is 0 Å². The molecule has 0 fully saturated rings. The third-order valence-electron chi connectivity index (χ3n) is 5.12. The fourth-order valence-electron chi connectivity index (χ4n) is 3.76. The first-order valence-corrected chi connectivity index (χ1v) is 9.55. The molecule has 0 aliphatic carbocycles. The molecule has 30 heavy (non-hydrogen) atoms. The highest BCUT2D eigenvalue weighted by molar-refractivity contribution is 6.37. The molecule has 3 heterocycles. The molecule has 0 unspecified atom stereocenters. The molecule has 148 valence electrons. The van der Waals surface area contributed by atoms with Crippen molar-refractivity contribution in [2.45, 2.75) is 6.92 Å². The number of fused-ring (bicyclic) bond motifs is 3. The monoisotopic (exact) mass is 418 g/mol. The zero-order chi connectivity index (χ0) is 21.0. The Morgan fingerprint density at radius 1 is 1.00 bits per heavy atom. The smallest absolute Gasteiger partial charge is 0.267 e. The summed E-state index contributed by atoms with van der Waals surface area (Å²) in [5, 5.41) is 5.66. The fourth-order valence-corrected chi connectivity index (χ4v) is 3.88. The van der Waals surface area contributed by atoms with Crippen molar-refractivity contribution in [3.05, 3.63) is 76.6 Å². The van der Waals surface area contributed by atoms with Gasteiger partial charge in [-0.2, -0.15) is 5.10 Å². The standard InChI is InChI=1S/C22H15ClN4O3/c1-12-18-19-15(21(28)26(22(19)29)14-9-7-13(23)8-10-14)11-24-20(18)27(25-12)16-5-3-4-6-17(16)30-2/h3-11H,1-2H3. The Labute approximate surface area is 176 Å². The Balaban J connectivity index is 1.72. The Kier molecular flexibility index (Phi) is 4.08. The van der Waals surface area contributed by atoms with Gasteiger partial charge < -0.3 is 4.74 Å². The number of imide groups is 1. The number of hydrogen-bond acceptors (Lipinski definition) is 5. The molecule has 5 rings (SSSR count). The maximum absolute atomic E-state index is 13.3. The Morgan fingerprint density at radius 2 is 1.73 bits per heavy atom. The number of rotatable bonds is 3. The van der Waals surface area contributed by atoms with E-state index in [2.05, 4.69) is 10.1 Å². The molecule has 8 heteroatoms. The first-order chi connectivity index (χ1) is 14.5. The average molecular weight is 419 g/mol. The van der Waals surface area contributed by atoms with Crippen LogP contribution in [0.4, 0.5) is 5.69 Å². The van der Waals surface area contributed by atoms with Gasteiger partial charge in [0.25, 0.3) is 11.8 Å². The first kappa shape index (κ1) is 18.3.